The van der Waals surface area contributed by atoms with Crippen LogP contribution in [-0.2, 0) is 11.0 Å². The lowest BCUT2D eigenvalue weighted by molar-refractivity contribution is -0.141. The van der Waals surface area contributed by atoms with Crippen molar-refractivity contribution >= 4 is 17.8 Å². The molecule has 0 unspecified atom stereocenters. The molecule has 1 aliphatic carbocycles. The summed E-state index contributed by atoms with van der Waals surface area (Å²) in [7, 11) is 0. The van der Waals surface area contributed by atoms with Crippen molar-refractivity contribution in [2.24, 2.45) is 5.92 Å². The molecule has 0 bridgehead atoms. The first-order chi connectivity index (χ1) is 17.6. The minimum absolute atomic E-state index is 0.0152. The van der Waals surface area contributed by atoms with E-state index in [9.17, 15) is 22.8 Å². The lowest BCUT2D eigenvalue weighted by atomic mass is 9.88. The second-order valence-electron chi connectivity index (χ2n) is 9.33. The molecular weight excluding hydrogens is 489 g/mol. The second kappa shape index (κ2) is 11.1. The van der Waals surface area contributed by atoms with E-state index < -0.39 is 23.3 Å². The first kappa shape index (κ1) is 26.4. The molecule has 0 radical (unpaired) electrons. The predicted octanol–water partition coefficient (Wildman–Crippen LogP) is 4.74. The SMILES string of the molecule is CC(C)c1nnc(N(CCNC(=O)c2cn(-c3ccccc3)nc2C(F)(F)F)C(=O)C2CCCCC2)o1. The van der Waals surface area contributed by atoms with Gasteiger partial charge in [-0.2, -0.15) is 18.3 Å². The van der Waals surface area contributed by atoms with Crippen molar-refractivity contribution in [2.75, 3.05) is 18.0 Å². The molecule has 3 aromatic rings. The van der Waals surface area contributed by atoms with Gasteiger partial charge in [0.05, 0.1) is 11.3 Å². The van der Waals surface area contributed by atoms with Crippen LogP contribution >= 0.6 is 0 Å². The van der Waals surface area contributed by atoms with E-state index in [-0.39, 0.29) is 36.8 Å². The minimum atomic E-state index is -4.83. The number of para-hydroxylation sites is 1. The molecule has 1 saturated carbocycles. The van der Waals surface area contributed by atoms with Gasteiger partial charge >= 0.3 is 12.2 Å². The van der Waals surface area contributed by atoms with E-state index in [1.54, 1.807) is 30.3 Å². The fourth-order valence-corrected chi connectivity index (χ4v) is 4.28. The molecule has 37 heavy (non-hydrogen) atoms. The van der Waals surface area contributed by atoms with Crippen molar-refractivity contribution in [3.05, 3.63) is 53.7 Å². The number of hydrogen-bond donors (Lipinski definition) is 1. The van der Waals surface area contributed by atoms with Gasteiger partial charge in [-0.25, -0.2) is 4.68 Å². The Labute approximate surface area is 212 Å². The molecule has 0 saturated heterocycles. The van der Waals surface area contributed by atoms with Crippen molar-refractivity contribution in [3.63, 3.8) is 0 Å². The molecule has 1 aromatic carbocycles. The Hall–Kier alpha value is -3.70. The van der Waals surface area contributed by atoms with Crippen LogP contribution in [0.3, 0.4) is 0 Å². The summed E-state index contributed by atoms with van der Waals surface area (Å²) in [5, 5.41) is 14.1. The zero-order chi connectivity index (χ0) is 26.6. The van der Waals surface area contributed by atoms with Gasteiger partial charge in [0.2, 0.25) is 11.8 Å². The topological polar surface area (TPSA) is 106 Å². The maximum absolute atomic E-state index is 13.7. The Morgan fingerprint density at radius 2 is 1.84 bits per heavy atom. The largest absolute Gasteiger partial charge is 0.435 e. The number of aromatic nitrogens is 4. The molecule has 12 heteroatoms. The number of nitrogens with zero attached hydrogens (tertiary/aromatic N) is 5. The molecule has 9 nitrogen and oxygen atoms in total. The normalized spacial score (nSPS) is 14.6. The van der Waals surface area contributed by atoms with Gasteiger partial charge in [-0.05, 0) is 25.0 Å². The van der Waals surface area contributed by atoms with E-state index in [1.165, 1.54) is 4.90 Å². The maximum atomic E-state index is 13.7. The second-order valence-corrected chi connectivity index (χ2v) is 9.33. The molecule has 198 valence electrons. The summed E-state index contributed by atoms with van der Waals surface area (Å²) in [6.07, 6.45) is 0.635. The van der Waals surface area contributed by atoms with Crippen LogP contribution in [-0.4, -0.2) is 44.9 Å². The molecule has 2 aromatic heterocycles. The smallest absolute Gasteiger partial charge is 0.407 e. The first-order valence-corrected chi connectivity index (χ1v) is 12.3. The molecule has 0 atom stereocenters. The molecule has 0 spiro atoms. The van der Waals surface area contributed by atoms with Crippen LogP contribution in [0.4, 0.5) is 19.2 Å². The van der Waals surface area contributed by atoms with Crippen molar-refractivity contribution in [1.82, 2.24) is 25.3 Å². The summed E-state index contributed by atoms with van der Waals surface area (Å²) in [6, 6.07) is 8.22. The Morgan fingerprint density at radius 1 is 1.14 bits per heavy atom. The van der Waals surface area contributed by atoms with Gasteiger partial charge in [-0.1, -0.05) is 56.4 Å². The number of benzene rings is 1. The van der Waals surface area contributed by atoms with Gasteiger partial charge in [-0.15, -0.1) is 5.10 Å². The summed E-state index contributed by atoms with van der Waals surface area (Å²) >= 11 is 0. The van der Waals surface area contributed by atoms with Gasteiger partial charge < -0.3 is 9.73 Å². The highest BCUT2D eigenvalue weighted by molar-refractivity contribution is 5.96. The Bertz CT molecular complexity index is 1220. The molecule has 2 heterocycles. The van der Waals surface area contributed by atoms with Crippen LogP contribution in [0, 0.1) is 5.92 Å². The Morgan fingerprint density at radius 3 is 2.46 bits per heavy atom. The molecule has 2 amide bonds. The number of amides is 2. The molecule has 1 N–H and O–H groups in total. The fourth-order valence-electron chi connectivity index (χ4n) is 4.28. The first-order valence-electron chi connectivity index (χ1n) is 12.3. The number of anilines is 1. The van der Waals surface area contributed by atoms with Crippen LogP contribution in [0.5, 0.6) is 0 Å². The Kier molecular flexibility index (Phi) is 7.94. The number of carbonyl (C=O) groups excluding carboxylic acids is 2. The van der Waals surface area contributed by atoms with Gasteiger partial charge in [0, 0.05) is 31.1 Å². The minimum Gasteiger partial charge on any atom is -0.407 e. The van der Waals surface area contributed by atoms with Crippen molar-refractivity contribution in [2.45, 2.75) is 58.0 Å². The van der Waals surface area contributed by atoms with E-state index in [0.717, 1.165) is 43.0 Å². The number of rotatable bonds is 8. The quantitative estimate of drug-likeness (QED) is 0.462. The summed E-state index contributed by atoms with van der Waals surface area (Å²) in [6.45, 7) is 3.59. The van der Waals surface area contributed by atoms with E-state index in [0.29, 0.717) is 11.6 Å². The highest BCUT2D eigenvalue weighted by Crippen LogP contribution is 2.32. The molecule has 1 fully saturated rings. The van der Waals surface area contributed by atoms with E-state index in [2.05, 4.69) is 20.6 Å². The maximum Gasteiger partial charge on any atom is 0.435 e. The average molecular weight is 519 g/mol. The number of nitrogens with one attached hydrogen (secondary N) is 1. The molecule has 4 rings (SSSR count). The van der Waals surface area contributed by atoms with Crippen LogP contribution in [0.15, 0.2) is 40.9 Å². The zero-order valence-electron chi connectivity index (χ0n) is 20.7. The summed E-state index contributed by atoms with van der Waals surface area (Å²) in [4.78, 5) is 27.4. The summed E-state index contributed by atoms with van der Waals surface area (Å²) < 4.78 is 47.7. The van der Waals surface area contributed by atoms with Crippen molar-refractivity contribution in [3.8, 4) is 5.69 Å². The summed E-state index contributed by atoms with van der Waals surface area (Å²) in [5.41, 5.74) is -1.52. The van der Waals surface area contributed by atoms with Crippen LogP contribution in [0.1, 0.15) is 73.8 Å². The van der Waals surface area contributed by atoms with Crippen molar-refractivity contribution < 1.29 is 27.2 Å². The number of carbonyl (C=O) groups is 2. The summed E-state index contributed by atoms with van der Waals surface area (Å²) in [5.74, 6) is -1.04. The highest BCUT2D eigenvalue weighted by Gasteiger charge is 2.39. The molecule has 0 aliphatic heterocycles. The number of hydrogen-bond acceptors (Lipinski definition) is 6. The van der Waals surface area contributed by atoms with Gasteiger partial charge in [0.1, 0.15) is 0 Å². The highest BCUT2D eigenvalue weighted by atomic mass is 19.4. The van der Waals surface area contributed by atoms with Crippen LogP contribution in [0.25, 0.3) is 5.69 Å². The monoisotopic (exact) mass is 518 g/mol. The third-order valence-electron chi connectivity index (χ3n) is 6.24. The van der Waals surface area contributed by atoms with Gasteiger partial charge in [0.25, 0.3) is 5.91 Å². The average Bonchev–Trinajstić information content (AvgIpc) is 3.56. The van der Waals surface area contributed by atoms with Crippen molar-refractivity contribution in [1.29, 1.82) is 0 Å². The third-order valence-corrected chi connectivity index (χ3v) is 6.24. The molecular formula is C25H29F3N6O3. The number of alkyl halides is 3. The third kappa shape index (κ3) is 6.17. The van der Waals surface area contributed by atoms with E-state index >= 15 is 0 Å². The van der Waals surface area contributed by atoms with Crippen LogP contribution < -0.4 is 10.2 Å². The predicted molar refractivity (Wildman–Crippen MR) is 128 cm³/mol. The lowest BCUT2D eigenvalue weighted by Crippen LogP contribution is -2.42. The zero-order valence-corrected chi connectivity index (χ0v) is 20.7. The number of halogens is 3. The van der Waals surface area contributed by atoms with Gasteiger partial charge in [-0.3, -0.25) is 14.5 Å². The van der Waals surface area contributed by atoms with Gasteiger partial charge in [0.15, 0.2) is 5.69 Å². The lowest BCUT2D eigenvalue weighted by Gasteiger charge is -2.26. The fraction of sp³-hybridized carbons (Fsp3) is 0.480. The Balaban J connectivity index is 1.51. The van der Waals surface area contributed by atoms with E-state index in [4.69, 9.17) is 4.42 Å². The standard InChI is InChI=1S/C25H29F3N6O3/c1-16(2)22-30-31-24(37-22)33(23(36)17-9-5-3-6-10-17)14-13-29-21(35)19-15-34(18-11-7-4-8-12-18)32-20(19)25(26,27)28/h4,7-8,11-12,15-17H,3,5-6,9-10,13-14H2,1-2H3,(H,29,35). The van der Waals surface area contributed by atoms with Crippen LogP contribution in [0.2, 0.25) is 0 Å². The van der Waals surface area contributed by atoms with E-state index in [1.807, 2.05) is 13.8 Å². The molecule has 1 aliphatic rings.